The molecule has 1 fully saturated rings. The van der Waals surface area contributed by atoms with Crippen molar-refractivity contribution in [3.05, 3.63) is 65.2 Å². The highest BCUT2D eigenvalue weighted by molar-refractivity contribution is 5.97. The largest absolute Gasteiger partial charge is 0.447 e. The van der Waals surface area contributed by atoms with E-state index in [1.54, 1.807) is 17.0 Å². The van der Waals surface area contributed by atoms with Crippen LogP contribution in [0, 0.1) is 12.8 Å². The zero-order chi connectivity index (χ0) is 21.7. The van der Waals surface area contributed by atoms with Gasteiger partial charge in [0.15, 0.2) is 0 Å². The molecule has 0 bridgehead atoms. The zero-order valence-electron chi connectivity index (χ0n) is 17.5. The second kappa shape index (κ2) is 9.43. The predicted molar refractivity (Wildman–Crippen MR) is 114 cm³/mol. The Morgan fingerprint density at radius 3 is 2.50 bits per heavy atom. The number of ether oxygens (including phenoxy) is 1. The van der Waals surface area contributed by atoms with Crippen LogP contribution < -0.4 is 15.5 Å². The first kappa shape index (κ1) is 21.4. The van der Waals surface area contributed by atoms with Crippen LogP contribution in [0.2, 0.25) is 0 Å². The van der Waals surface area contributed by atoms with Crippen molar-refractivity contribution < 1.29 is 19.1 Å². The number of nitrogens with one attached hydrogen (secondary N) is 2. The van der Waals surface area contributed by atoms with Gasteiger partial charge >= 0.3 is 6.09 Å². The number of rotatable bonds is 7. The number of hydrogen-bond donors (Lipinski definition) is 2. The quantitative estimate of drug-likeness (QED) is 0.736. The number of carbonyl (C=O) groups is 3. The standard InChI is InChI=1S/C23H27N3O4/c1-15(2)20(25-21(27)18-9-7-16(3)8-10-18)22(28)24-14-17-5-4-6-19(13-17)26-11-12-30-23(26)29/h4-10,13,15,20H,11-12,14H2,1-3H3,(H,24,28)(H,25,27). The molecule has 7 nitrogen and oxygen atoms in total. The summed E-state index contributed by atoms with van der Waals surface area (Å²) in [7, 11) is 0. The van der Waals surface area contributed by atoms with Crippen LogP contribution in [-0.2, 0) is 16.1 Å². The van der Waals surface area contributed by atoms with E-state index >= 15 is 0 Å². The Hall–Kier alpha value is -3.35. The van der Waals surface area contributed by atoms with Crippen molar-refractivity contribution in [2.24, 2.45) is 5.92 Å². The molecule has 7 heteroatoms. The van der Waals surface area contributed by atoms with Gasteiger partial charge in [-0.3, -0.25) is 14.5 Å². The molecule has 3 amide bonds. The van der Waals surface area contributed by atoms with Gasteiger partial charge in [-0.05, 0) is 42.7 Å². The van der Waals surface area contributed by atoms with Crippen molar-refractivity contribution in [3.63, 3.8) is 0 Å². The summed E-state index contributed by atoms with van der Waals surface area (Å²) in [5, 5.41) is 5.72. The minimum Gasteiger partial charge on any atom is -0.447 e. The molecule has 1 unspecified atom stereocenters. The molecular weight excluding hydrogens is 382 g/mol. The maximum absolute atomic E-state index is 12.8. The molecule has 0 saturated carbocycles. The van der Waals surface area contributed by atoms with E-state index in [1.807, 2.05) is 57.2 Å². The van der Waals surface area contributed by atoms with E-state index in [2.05, 4.69) is 10.6 Å². The maximum Gasteiger partial charge on any atom is 0.414 e. The Bertz CT molecular complexity index is 924. The fraction of sp³-hybridized carbons (Fsp3) is 0.348. The van der Waals surface area contributed by atoms with Gasteiger partial charge in [0.1, 0.15) is 12.6 Å². The summed E-state index contributed by atoms with van der Waals surface area (Å²) in [6.07, 6.45) is -0.366. The highest BCUT2D eigenvalue weighted by Gasteiger charge is 2.25. The van der Waals surface area contributed by atoms with Crippen molar-refractivity contribution in [2.45, 2.75) is 33.4 Å². The van der Waals surface area contributed by atoms with E-state index in [1.165, 1.54) is 0 Å². The lowest BCUT2D eigenvalue weighted by Gasteiger charge is -2.22. The molecular formula is C23H27N3O4. The van der Waals surface area contributed by atoms with Gasteiger partial charge in [0.2, 0.25) is 5.91 Å². The summed E-state index contributed by atoms with van der Waals surface area (Å²) in [5.41, 5.74) is 3.17. The summed E-state index contributed by atoms with van der Waals surface area (Å²) in [5.74, 6) is -0.611. The van der Waals surface area contributed by atoms with Gasteiger partial charge in [-0.2, -0.15) is 0 Å². The minimum absolute atomic E-state index is 0.0786. The third-order valence-corrected chi connectivity index (χ3v) is 5.00. The Morgan fingerprint density at radius 2 is 1.87 bits per heavy atom. The fourth-order valence-electron chi connectivity index (χ4n) is 3.23. The fourth-order valence-corrected chi connectivity index (χ4v) is 3.23. The van der Waals surface area contributed by atoms with Crippen molar-refractivity contribution in [1.29, 1.82) is 0 Å². The van der Waals surface area contributed by atoms with E-state index in [0.717, 1.165) is 16.8 Å². The highest BCUT2D eigenvalue weighted by atomic mass is 16.6. The predicted octanol–water partition coefficient (Wildman–Crippen LogP) is 3.02. The average Bonchev–Trinajstić information content (AvgIpc) is 3.16. The van der Waals surface area contributed by atoms with Crippen molar-refractivity contribution >= 4 is 23.6 Å². The third kappa shape index (κ3) is 5.17. The van der Waals surface area contributed by atoms with Crippen LogP contribution in [0.3, 0.4) is 0 Å². The zero-order valence-corrected chi connectivity index (χ0v) is 17.5. The molecule has 0 radical (unpaired) electrons. The van der Waals surface area contributed by atoms with E-state index in [-0.39, 0.29) is 23.8 Å². The molecule has 0 spiro atoms. The van der Waals surface area contributed by atoms with E-state index in [4.69, 9.17) is 4.74 Å². The number of benzene rings is 2. The van der Waals surface area contributed by atoms with Crippen molar-refractivity contribution in [3.8, 4) is 0 Å². The number of hydrogen-bond acceptors (Lipinski definition) is 4. The van der Waals surface area contributed by atoms with Crippen LogP contribution in [0.4, 0.5) is 10.5 Å². The molecule has 30 heavy (non-hydrogen) atoms. The first-order valence-corrected chi connectivity index (χ1v) is 10.0. The van der Waals surface area contributed by atoms with Crippen molar-refractivity contribution in [2.75, 3.05) is 18.1 Å². The molecule has 1 aliphatic heterocycles. The topological polar surface area (TPSA) is 87.7 Å². The SMILES string of the molecule is Cc1ccc(C(=O)NC(C(=O)NCc2cccc(N3CCOC3=O)c2)C(C)C)cc1. The minimum atomic E-state index is -0.657. The number of anilines is 1. The Balaban J connectivity index is 1.62. The first-order chi connectivity index (χ1) is 14.3. The summed E-state index contributed by atoms with van der Waals surface area (Å²) >= 11 is 0. The van der Waals surface area contributed by atoms with E-state index in [0.29, 0.717) is 25.3 Å². The van der Waals surface area contributed by atoms with E-state index in [9.17, 15) is 14.4 Å². The molecule has 0 aliphatic carbocycles. The maximum atomic E-state index is 12.8. The lowest BCUT2D eigenvalue weighted by atomic mass is 10.0. The van der Waals surface area contributed by atoms with Crippen LogP contribution in [-0.4, -0.2) is 37.1 Å². The summed E-state index contributed by atoms with van der Waals surface area (Å²) in [6.45, 7) is 6.90. The van der Waals surface area contributed by atoms with Crippen LogP contribution >= 0.6 is 0 Å². The summed E-state index contributed by atoms with van der Waals surface area (Å²) in [4.78, 5) is 38.6. The molecule has 1 atom stereocenters. The molecule has 2 N–H and O–H groups in total. The van der Waals surface area contributed by atoms with Gasteiger partial charge in [-0.25, -0.2) is 4.79 Å². The number of amides is 3. The van der Waals surface area contributed by atoms with Crippen LogP contribution in [0.25, 0.3) is 0 Å². The Labute approximate surface area is 176 Å². The first-order valence-electron chi connectivity index (χ1n) is 10.0. The normalized spacial score (nSPS) is 14.4. The molecule has 158 valence electrons. The second-order valence-corrected chi connectivity index (χ2v) is 7.71. The number of aryl methyl sites for hydroxylation is 1. The third-order valence-electron chi connectivity index (χ3n) is 5.00. The number of cyclic esters (lactones) is 1. The lowest BCUT2D eigenvalue weighted by Crippen LogP contribution is -2.49. The Morgan fingerprint density at radius 1 is 1.13 bits per heavy atom. The van der Waals surface area contributed by atoms with Gasteiger partial charge in [-0.15, -0.1) is 0 Å². The van der Waals surface area contributed by atoms with Gasteiger partial charge in [0.05, 0.1) is 6.54 Å². The van der Waals surface area contributed by atoms with Gasteiger partial charge in [-0.1, -0.05) is 43.7 Å². The van der Waals surface area contributed by atoms with Crippen LogP contribution in [0.15, 0.2) is 48.5 Å². The number of carbonyl (C=O) groups excluding carboxylic acids is 3. The molecule has 0 aromatic heterocycles. The molecule has 2 aromatic carbocycles. The van der Waals surface area contributed by atoms with Crippen LogP contribution in [0.5, 0.6) is 0 Å². The highest BCUT2D eigenvalue weighted by Crippen LogP contribution is 2.20. The number of nitrogens with zero attached hydrogens (tertiary/aromatic N) is 1. The average molecular weight is 409 g/mol. The molecule has 1 heterocycles. The second-order valence-electron chi connectivity index (χ2n) is 7.71. The van der Waals surface area contributed by atoms with Crippen molar-refractivity contribution in [1.82, 2.24) is 10.6 Å². The van der Waals surface area contributed by atoms with E-state index < -0.39 is 6.04 Å². The molecule has 1 saturated heterocycles. The monoisotopic (exact) mass is 409 g/mol. The molecule has 2 aromatic rings. The Kier molecular flexibility index (Phi) is 6.72. The molecule has 3 rings (SSSR count). The summed E-state index contributed by atoms with van der Waals surface area (Å²) in [6, 6.07) is 13.9. The smallest absolute Gasteiger partial charge is 0.414 e. The van der Waals surface area contributed by atoms with Gasteiger partial charge in [0.25, 0.3) is 5.91 Å². The van der Waals surface area contributed by atoms with Gasteiger partial charge < -0.3 is 15.4 Å². The lowest BCUT2D eigenvalue weighted by molar-refractivity contribution is -0.124. The summed E-state index contributed by atoms with van der Waals surface area (Å²) < 4.78 is 4.97. The molecule has 1 aliphatic rings. The van der Waals surface area contributed by atoms with Gasteiger partial charge in [0, 0.05) is 17.8 Å². The van der Waals surface area contributed by atoms with Crippen LogP contribution in [0.1, 0.15) is 35.3 Å².